The summed E-state index contributed by atoms with van der Waals surface area (Å²) < 4.78 is -1.13. The lowest BCUT2D eigenvalue weighted by molar-refractivity contribution is -0.139. The van der Waals surface area contributed by atoms with Gasteiger partial charge in [0.2, 0.25) is 5.91 Å². The van der Waals surface area contributed by atoms with Crippen molar-refractivity contribution >= 4 is 40.9 Å². The number of carbonyl (C=O) groups is 2. The van der Waals surface area contributed by atoms with Gasteiger partial charge in [-0.3, -0.25) is 14.5 Å². The summed E-state index contributed by atoms with van der Waals surface area (Å²) in [4.78, 5) is 33.1. The maximum atomic E-state index is 13.4. The topological polar surface area (TPSA) is 43.9 Å². The summed E-state index contributed by atoms with van der Waals surface area (Å²) in [5, 5.41) is 0.768. The summed E-state index contributed by atoms with van der Waals surface area (Å²) >= 11 is 7.64. The molecule has 1 saturated heterocycles. The Balaban J connectivity index is 1.44. The smallest absolute Gasteiger partial charge is 0.252 e. The van der Waals surface area contributed by atoms with Crippen molar-refractivity contribution in [2.45, 2.75) is 23.1 Å². The van der Waals surface area contributed by atoms with Crippen LogP contribution >= 0.6 is 23.4 Å². The Hall–Kier alpha value is -2.02. The molecule has 1 atom stereocenters. The van der Waals surface area contributed by atoms with E-state index in [0.29, 0.717) is 13.1 Å². The minimum absolute atomic E-state index is 0.105. The molecule has 2 aromatic rings. The number of hydrogen-bond acceptors (Lipinski definition) is 4. The second-order valence-corrected chi connectivity index (χ2v) is 9.49. The number of hydrogen-bond donors (Lipinski definition) is 0. The van der Waals surface area contributed by atoms with Crippen LogP contribution in [0.2, 0.25) is 5.02 Å². The summed E-state index contributed by atoms with van der Waals surface area (Å²) in [5.74, 6) is -0.268. The first-order chi connectivity index (χ1) is 13.9. The van der Waals surface area contributed by atoms with Gasteiger partial charge in [0.05, 0.1) is 5.69 Å². The maximum Gasteiger partial charge on any atom is 0.252 e. The predicted octanol–water partition coefficient (Wildman–Crippen LogP) is 3.51. The molecule has 5 nitrogen and oxygen atoms in total. The molecule has 0 spiro atoms. The van der Waals surface area contributed by atoms with E-state index in [1.165, 1.54) is 11.8 Å². The highest BCUT2D eigenvalue weighted by molar-refractivity contribution is 8.02. The van der Waals surface area contributed by atoms with Crippen LogP contribution in [0, 0.1) is 0 Å². The lowest BCUT2D eigenvalue weighted by atomic mass is 10.1. The van der Waals surface area contributed by atoms with Crippen molar-refractivity contribution in [3.8, 4) is 0 Å². The van der Waals surface area contributed by atoms with Crippen molar-refractivity contribution in [1.29, 1.82) is 0 Å². The summed E-state index contributed by atoms with van der Waals surface area (Å²) in [6.45, 7) is 5.26. The zero-order valence-corrected chi connectivity index (χ0v) is 18.2. The van der Waals surface area contributed by atoms with E-state index in [4.69, 9.17) is 11.6 Å². The van der Waals surface area contributed by atoms with Crippen LogP contribution in [0.5, 0.6) is 0 Å². The normalized spacial score (nSPS) is 22.5. The van der Waals surface area contributed by atoms with Gasteiger partial charge in [-0.25, -0.2) is 0 Å². The molecule has 0 N–H and O–H groups in total. The number of para-hydroxylation sites is 1. The van der Waals surface area contributed by atoms with E-state index >= 15 is 0 Å². The van der Waals surface area contributed by atoms with Crippen LogP contribution < -0.4 is 4.90 Å². The van der Waals surface area contributed by atoms with Gasteiger partial charge < -0.3 is 9.80 Å². The van der Waals surface area contributed by atoms with Crippen molar-refractivity contribution < 1.29 is 9.59 Å². The van der Waals surface area contributed by atoms with Gasteiger partial charge in [0.15, 0.2) is 4.75 Å². The molecule has 0 radical (unpaired) electrons. The second kappa shape index (κ2) is 8.01. The third-order valence-electron chi connectivity index (χ3n) is 5.67. The highest BCUT2D eigenvalue weighted by Crippen LogP contribution is 2.45. The molecule has 0 aliphatic carbocycles. The van der Waals surface area contributed by atoms with Gasteiger partial charge in [-0.15, -0.1) is 0 Å². The van der Waals surface area contributed by atoms with E-state index in [-0.39, 0.29) is 11.8 Å². The number of anilines is 1. The van der Waals surface area contributed by atoms with E-state index in [2.05, 4.69) is 4.90 Å². The van der Waals surface area contributed by atoms with Gasteiger partial charge in [0.25, 0.3) is 5.91 Å². The van der Waals surface area contributed by atoms with Gasteiger partial charge in [-0.1, -0.05) is 53.7 Å². The Morgan fingerprint density at radius 1 is 1.07 bits per heavy atom. The Morgan fingerprint density at radius 3 is 2.45 bits per heavy atom. The van der Waals surface area contributed by atoms with Gasteiger partial charge in [0.1, 0.15) is 0 Å². The molecule has 1 unspecified atom stereocenters. The monoisotopic (exact) mass is 429 g/mol. The standard InChI is InChI=1S/C22H24ClN3O2S/c1-22(20(27)24(2)18-9-5-6-10-19(18)29-22)21(28)26-13-11-25(12-14-26)15-16-7-3-4-8-17(16)23/h3-10H,11-15H2,1-2H3. The van der Waals surface area contributed by atoms with Crippen LogP contribution in [0.1, 0.15) is 12.5 Å². The highest BCUT2D eigenvalue weighted by Gasteiger charge is 2.50. The number of fused-ring (bicyclic) bond motifs is 1. The molecule has 152 valence electrons. The molecule has 7 heteroatoms. The van der Waals surface area contributed by atoms with Gasteiger partial charge in [-0.2, -0.15) is 0 Å². The number of carbonyl (C=O) groups excluding carboxylic acids is 2. The minimum atomic E-state index is -1.13. The van der Waals surface area contributed by atoms with Crippen molar-refractivity contribution in [3.63, 3.8) is 0 Å². The number of benzene rings is 2. The quantitative estimate of drug-likeness (QED) is 0.700. The molecular weight excluding hydrogens is 406 g/mol. The number of nitrogens with zero attached hydrogens (tertiary/aromatic N) is 3. The first-order valence-corrected chi connectivity index (χ1v) is 10.9. The fraction of sp³-hybridized carbons (Fsp3) is 0.364. The minimum Gasteiger partial charge on any atom is -0.338 e. The van der Waals surface area contributed by atoms with Crippen LogP contribution in [-0.2, 0) is 16.1 Å². The third-order valence-corrected chi connectivity index (χ3v) is 7.36. The Kier molecular flexibility index (Phi) is 5.60. The average Bonchev–Trinajstić information content (AvgIpc) is 2.74. The molecular formula is C22H24ClN3O2S. The van der Waals surface area contributed by atoms with Crippen molar-refractivity contribution in [3.05, 3.63) is 59.1 Å². The Bertz CT molecular complexity index is 945. The molecule has 29 heavy (non-hydrogen) atoms. The Morgan fingerprint density at radius 2 is 1.72 bits per heavy atom. The van der Waals surface area contributed by atoms with Crippen LogP contribution in [0.25, 0.3) is 0 Å². The Labute approximate surface area is 180 Å². The van der Waals surface area contributed by atoms with Crippen LogP contribution in [0.15, 0.2) is 53.4 Å². The van der Waals surface area contributed by atoms with E-state index < -0.39 is 4.75 Å². The zero-order valence-electron chi connectivity index (χ0n) is 16.6. The molecule has 0 bridgehead atoms. The molecule has 2 heterocycles. The van der Waals surface area contributed by atoms with Gasteiger partial charge in [-0.05, 0) is 30.7 Å². The predicted molar refractivity (Wildman–Crippen MR) is 117 cm³/mol. The van der Waals surface area contributed by atoms with Crippen LogP contribution in [0.4, 0.5) is 5.69 Å². The van der Waals surface area contributed by atoms with Crippen LogP contribution in [-0.4, -0.2) is 59.6 Å². The molecule has 0 saturated carbocycles. The lowest BCUT2D eigenvalue weighted by Crippen LogP contribution is -2.59. The van der Waals surface area contributed by atoms with Crippen molar-refractivity contribution in [1.82, 2.24) is 9.80 Å². The van der Waals surface area contributed by atoms with Crippen LogP contribution in [0.3, 0.4) is 0 Å². The average molecular weight is 430 g/mol. The van der Waals surface area contributed by atoms with Gasteiger partial charge in [0, 0.05) is 49.7 Å². The summed E-state index contributed by atoms with van der Waals surface area (Å²) in [6, 6.07) is 15.6. The molecule has 0 aromatic heterocycles. The molecule has 1 fully saturated rings. The van der Waals surface area contributed by atoms with E-state index in [9.17, 15) is 9.59 Å². The largest absolute Gasteiger partial charge is 0.338 e. The number of halogens is 1. The SMILES string of the molecule is CN1C(=O)C(C)(C(=O)N2CCN(Cc3ccccc3Cl)CC2)Sc2ccccc21. The lowest BCUT2D eigenvalue weighted by Gasteiger charge is -2.42. The second-order valence-electron chi connectivity index (χ2n) is 7.63. The first-order valence-electron chi connectivity index (χ1n) is 9.71. The van der Waals surface area contributed by atoms with E-state index in [0.717, 1.165) is 40.8 Å². The summed E-state index contributed by atoms with van der Waals surface area (Å²) in [6.07, 6.45) is 0. The molecule has 2 aromatic carbocycles. The zero-order chi connectivity index (χ0) is 20.6. The number of rotatable bonds is 3. The maximum absolute atomic E-state index is 13.4. The first kappa shape index (κ1) is 20.3. The van der Waals surface area contributed by atoms with Crippen molar-refractivity contribution in [2.24, 2.45) is 0 Å². The number of amides is 2. The third kappa shape index (κ3) is 3.77. The fourth-order valence-corrected chi connectivity index (χ4v) is 5.46. The number of piperazine rings is 1. The summed E-state index contributed by atoms with van der Waals surface area (Å²) in [5.41, 5.74) is 1.95. The molecule has 2 aliphatic rings. The molecule has 4 rings (SSSR count). The van der Waals surface area contributed by atoms with Gasteiger partial charge >= 0.3 is 0 Å². The van der Waals surface area contributed by atoms with E-state index in [1.807, 2.05) is 53.4 Å². The van der Waals surface area contributed by atoms with Crippen molar-refractivity contribution in [2.75, 3.05) is 38.1 Å². The van der Waals surface area contributed by atoms with E-state index in [1.54, 1.807) is 18.9 Å². The summed E-state index contributed by atoms with van der Waals surface area (Å²) in [7, 11) is 1.74. The fourth-order valence-electron chi connectivity index (χ4n) is 3.93. The molecule has 2 aliphatic heterocycles. The molecule has 2 amide bonds. The highest BCUT2D eigenvalue weighted by atomic mass is 35.5. The number of thioether (sulfide) groups is 1.